The highest BCUT2D eigenvalue weighted by atomic mass is 35.5. The zero-order chi connectivity index (χ0) is 14.2. The molecule has 0 spiro atoms. The molecule has 1 aromatic rings. The lowest BCUT2D eigenvalue weighted by Crippen LogP contribution is -2.58. The van der Waals surface area contributed by atoms with E-state index in [0.717, 1.165) is 6.54 Å². The van der Waals surface area contributed by atoms with Gasteiger partial charge in [0.15, 0.2) is 0 Å². The molecule has 6 heteroatoms. The molecule has 1 aromatic heterocycles. The van der Waals surface area contributed by atoms with Crippen molar-refractivity contribution in [3.8, 4) is 0 Å². The molecule has 0 radical (unpaired) electrons. The van der Waals surface area contributed by atoms with Crippen molar-refractivity contribution >= 4 is 17.5 Å². The fourth-order valence-electron chi connectivity index (χ4n) is 2.22. The Morgan fingerprint density at radius 2 is 2.05 bits per heavy atom. The fourth-order valence-corrected chi connectivity index (χ4v) is 2.44. The molecule has 1 fully saturated rings. The van der Waals surface area contributed by atoms with E-state index in [9.17, 15) is 4.79 Å². The average Bonchev–Trinajstić information content (AvgIpc) is 2.30. The van der Waals surface area contributed by atoms with Crippen LogP contribution in [-0.4, -0.2) is 57.9 Å². The molecule has 0 atom stereocenters. The number of aromatic nitrogens is 2. The summed E-state index contributed by atoms with van der Waals surface area (Å²) in [5, 5.41) is 0.122. The lowest BCUT2D eigenvalue weighted by atomic mass is 9.99. The van der Waals surface area contributed by atoms with Crippen molar-refractivity contribution in [3.63, 3.8) is 0 Å². The van der Waals surface area contributed by atoms with Crippen LogP contribution in [0.3, 0.4) is 0 Å². The summed E-state index contributed by atoms with van der Waals surface area (Å²) in [5.41, 5.74) is 1.05. The Morgan fingerprint density at radius 1 is 1.37 bits per heavy atom. The third-order valence-electron chi connectivity index (χ3n) is 3.65. The highest BCUT2D eigenvalue weighted by Crippen LogP contribution is 2.20. The second kappa shape index (κ2) is 5.06. The Bertz CT molecular complexity index is 483. The van der Waals surface area contributed by atoms with Crippen molar-refractivity contribution in [2.75, 3.05) is 26.7 Å². The monoisotopic (exact) mass is 282 g/mol. The van der Waals surface area contributed by atoms with Gasteiger partial charge in [-0.3, -0.25) is 9.69 Å². The lowest BCUT2D eigenvalue weighted by Gasteiger charge is -2.45. The number of carbonyl (C=O) groups is 1. The van der Waals surface area contributed by atoms with E-state index in [1.165, 1.54) is 0 Å². The van der Waals surface area contributed by atoms with E-state index in [1.54, 1.807) is 13.0 Å². The summed E-state index contributed by atoms with van der Waals surface area (Å²) < 4.78 is 0. The van der Waals surface area contributed by atoms with Crippen LogP contribution in [0.2, 0.25) is 5.28 Å². The zero-order valence-corrected chi connectivity index (χ0v) is 12.5. The molecule has 1 saturated heterocycles. The minimum atomic E-state index is -0.0754. The third-order valence-corrected chi connectivity index (χ3v) is 3.82. The molecule has 0 aliphatic carbocycles. The second-order valence-electron chi connectivity index (χ2n) is 5.62. The van der Waals surface area contributed by atoms with Gasteiger partial charge in [0.05, 0.1) is 0 Å². The SMILES string of the molecule is Cc1cc(C(=O)N2CCN(C)C(C)(C)C2)nc(Cl)n1. The summed E-state index contributed by atoms with van der Waals surface area (Å²) in [6.07, 6.45) is 0. The van der Waals surface area contributed by atoms with Crippen LogP contribution in [0.4, 0.5) is 0 Å². The lowest BCUT2D eigenvalue weighted by molar-refractivity contribution is 0.0307. The molecule has 1 amide bonds. The zero-order valence-electron chi connectivity index (χ0n) is 11.8. The molecule has 2 heterocycles. The van der Waals surface area contributed by atoms with Crippen LogP contribution in [0.25, 0.3) is 0 Å². The number of amides is 1. The summed E-state index contributed by atoms with van der Waals surface area (Å²) in [4.78, 5) is 24.6. The number of rotatable bonds is 1. The first kappa shape index (κ1) is 14.2. The number of halogens is 1. The number of nitrogens with zero attached hydrogens (tertiary/aromatic N) is 4. The van der Waals surface area contributed by atoms with Crippen molar-refractivity contribution in [2.45, 2.75) is 26.3 Å². The van der Waals surface area contributed by atoms with E-state index < -0.39 is 0 Å². The molecule has 19 heavy (non-hydrogen) atoms. The van der Waals surface area contributed by atoms with Gasteiger partial charge in [-0.1, -0.05) is 0 Å². The number of aryl methyl sites for hydroxylation is 1. The Labute approximate surface area is 118 Å². The average molecular weight is 283 g/mol. The molecule has 1 aliphatic heterocycles. The van der Waals surface area contributed by atoms with Crippen molar-refractivity contribution in [3.05, 3.63) is 22.7 Å². The highest BCUT2D eigenvalue weighted by Gasteiger charge is 2.34. The standard InChI is InChI=1S/C13H19ClN4O/c1-9-7-10(16-12(14)15-9)11(19)18-6-5-17(4)13(2,3)8-18/h7H,5-6,8H2,1-4H3. The van der Waals surface area contributed by atoms with Crippen molar-refractivity contribution in [1.29, 1.82) is 0 Å². The van der Waals surface area contributed by atoms with E-state index in [-0.39, 0.29) is 16.7 Å². The minimum Gasteiger partial charge on any atom is -0.334 e. The maximum atomic E-state index is 12.5. The van der Waals surface area contributed by atoms with Crippen LogP contribution in [-0.2, 0) is 0 Å². The first-order valence-electron chi connectivity index (χ1n) is 6.31. The highest BCUT2D eigenvalue weighted by molar-refractivity contribution is 6.28. The van der Waals surface area contributed by atoms with E-state index in [1.807, 2.05) is 4.90 Å². The normalized spacial score (nSPS) is 19.5. The summed E-state index contributed by atoms with van der Waals surface area (Å²) in [7, 11) is 2.08. The third kappa shape index (κ3) is 3.04. The number of likely N-dealkylation sites (N-methyl/N-ethyl adjacent to an activating group) is 1. The summed E-state index contributed by atoms with van der Waals surface area (Å²) in [6, 6.07) is 1.68. The molecule has 0 bridgehead atoms. The molecule has 2 rings (SSSR count). The van der Waals surface area contributed by atoms with E-state index in [0.29, 0.717) is 24.5 Å². The molecular formula is C13H19ClN4O. The number of hydrogen-bond donors (Lipinski definition) is 0. The fraction of sp³-hybridized carbons (Fsp3) is 0.615. The number of hydrogen-bond acceptors (Lipinski definition) is 4. The summed E-state index contributed by atoms with van der Waals surface area (Å²) in [5.74, 6) is -0.0754. The second-order valence-corrected chi connectivity index (χ2v) is 5.96. The molecule has 0 unspecified atom stereocenters. The van der Waals surface area contributed by atoms with Crippen LogP contribution in [0.5, 0.6) is 0 Å². The quantitative estimate of drug-likeness (QED) is 0.734. The Hall–Kier alpha value is -1.20. The Kier molecular flexibility index (Phi) is 3.78. The predicted octanol–water partition coefficient (Wildman–Crippen LogP) is 1.60. The van der Waals surface area contributed by atoms with Gasteiger partial charge in [-0.05, 0) is 45.5 Å². The van der Waals surface area contributed by atoms with Crippen molar-refractivity contribution in [2.24, 2.45) is 0 Å². The van der Waals surface area contributed by atoms with Gasteiger partial charge in [-0.15, -0.1) is 0 Å². The van der Waals surface area contributed by atoms with E-state index in [2.05, 4.69) is 35.8 Å². The van der Waals surface area contributed by atoms with Crippen molar-refractivity contribution in [1.82, 2.24) is 19.8 Å². The van der Waals surface area contributed by atoms with Gasteiger partial charge in [-0.25, -0.2) is 9.97 Å². The maximum absolute atomic E-state index is 12.5. The van der Waals surface area contributed by atoms with Gasteiger partial charge in [0.1, 0.15) is 5.69 Å². The minimum absolute atomic E-state index is 0.0280. The van der Waals surface area contributed by atoms with Crippen molar-refractivity contribution < 1.29 is 4.79 Å². The number of piperazine rings is 1. The van der Waals surface area contributed by atoms with Crippen LogP contribution in [0.15, 0.2) is 6.07 Å². The number of carbonyl (C=O) groups excluding carboxylic acids is 1. The van der Waals surface area contributed by atoms with E-state index in [4.69, 9.17) is 11.6 Å². The van der Waals surface area contributed by atoms with Crippen LogP contribution in [0.1, 0.15) is 30.0 Å². The molecule has 0 aromatic carbocycles. The smallest absolute Gasteiger partial charge is 0.272 e. The van der Waals surface area contributed by atoms with Crippen LogP contribution >= 0.6 is 11.6 Å². The molecule has 1 aliphatic rings. The predicted molar refractivity (Wildman–Crippen MR) is 74.4 cm³/mol. The Morgan fingerprint density at radius 3 is 2.63 bits per heavy atom. The van der Waals surface area contributed by atoms with Gasteiger partial charge in [0.25, 0.3) is 5.91 Å². The molecule has 104 valence electrons. The topological polar surface area (TPSA) is 49.3 Å². The summed E-state index contributed by atoms with van der Waals surface area (Å²) >= 11 is 5.81. The molecular weight excluding hydrogens is 264 g/mol. The van der Waals surface area contributed by atoms with E-state index >= 15 is 0 Å². The van der Waals surface area contributed by atoms with Crippen LogP contribution < -0.4 is 0 Å². The summed E-state index contributed by atoms with van der Waals surface area (Å²) in [6.45, 7) is 8.31. The Balaban J connectivity index is 2.20. The molecule has 0 N–H and O–H groups in total. The maximum Gasteiger partial charge on any atom is 0.272 e. The van der Waals surface area contributed by atoms with Gasteiger partial charge in [0, 0.05) is 30.9 Å². The van der Waals surface area contributed by atoms with Gasteiger partial charge in [-0.2, -0.15) is 0 Å². The van der Waals surface area contributed by atoms with Gasteiger partial charge in [0.2, 0.25) is 5.28 Å². The van der Waals surface area contributed by atoms with Gasteiger partial charge < -0.3 is 4.90 Å². The van der Waals surface area contributed by atoms with Gasteiger partial charge >= 0.3 is 0 Å². The first-order valence-corrected chi connectivity index (χ1v) is 6.69. The first-order chi connectivity index (χ1) is 8.79. The molecule has 5 nitrogen and oxygen atoms in total. The molecule has 0 saturated carbocycles. The largest absolute Gasteiger partial charge is 0.334 e. The van der Waals surface area contributed by atoms with Crippen LogP contribution in [0, 0.1) is 6.92 Å².